The van der Waals surface area contributed by atoms with Gasteiger partial charge in [0.1, 0.15) is 5.75 Å². The minimum Gasteiger partial charge on any atom is -0.484 e. The molecule has 0 saturated carbocycles. The number of benzene rings is 4. The number of hydrogen-bond acceptors (Lipinski definition) is 5. The summed E-state index contributed by atoms with van der Waals surface area (Å²) in [5.41, 5.74) is 6.87. The van der Waals surface area contributed by atoms with Crippen LogP contribution in [0, 0.1) is 6.92 Å². The molecule has 37 heavy (non-hydrogen) atoms. The van der Waals surface area contributed by atoms with Gasteiger partial charge in [0.15, 0.2) is 6.61 Å². The summed E-state index contributed by atoms with van der Waals surface area (Å²) in [6, 6.07) is 32.3. The van der Waals surface area contributed by atoms with Crippen LogP contribution in [0.1, 0.15) is 27.0 Å². The average Bonchev–Trinajstić information content (AvgIpc) is 2.93. The summed E-state index contributed by atoms with van der Waals surface area (Å²) >= 11 is 1.75. The van der Waals surface area contributed by atoms with Crippen molar-refractivity contribution >= 4 is 35.5 Å². The fraction of sp³-hybridized carbons (Fsp3) is 0.100. The Morgan fingerprint density at radius 1 is 0.865 bits per heavy atom. The van der Waals surface area contributed by atoms with Crippen LogP contribution in [0.25, 0.3) is 0 Å². The zero-order chi connectivity index (χ0) is 25.9. The van der Waals surface area contributed by atoms with Gasteiger partial charge in [0.25, 0.3) is 11.8 Å². The fourth-order valence-corrected chi connectivity index (χ4v) is 4.17. The molecule has 4 aromatic carbocycles. The summed E-state index contributed by atoms with van der Waals surface area (Å²) in [5.74, 6) is 0.880. The number of amides is 2. The Morgan fingerprint density at radius 2 is 1.57 bits per heavy atom. The van der Waals surface area contributed by atoms with E-state index in [0.29, 0.717) is 11.3 Å². The Hall–Kier alpha value is -4.36. The van der Waals surface area contributed by atoms with Gasteiger partial charge in [-0.25, -0.2) is 5.43 Å². The molecule has 0 aromatic heterocycles. The summed E-state index contributed by atoms with van der Waals surface area (Å²) < 4.78 is 5.54. The van der Waals surface area contributed by atoms with E-state index in [4.69, 9.17) is 4.74 Å². The number of carbonyl (C=O) groups is 2. The van der Waals surface area contributed by atoms with E-state index < -0.39 is 0 Å². The molecular formula is C30H27N3O3S. The lowest BCUT2D eigenvalue weighted by molar-refractivity contribution is -0.118. The minimum atomic E-state index is -0.280. The van der Waals surface area contributed by atoms with Gasteiger partial charge in [0.2, 0.25) is 0 Å². The molecule has 0 aliphatic carbocycles. The van der Waals surface area contributed by atoms with Crippen LogP contribution in [-0.2, 0) is 10.5 Å². The highest BCUT2D eigenvalue weighted by Crippen LogP contribution is 2.22. The number of nitrogens with zero attached hydrogens (tertiary/aromatic N) is 1. The van der Waals surface area contributed by atoms with Gasteiger partial charge >= 0.3 is 0 Å². The topological polar surface area (TPSA) is 79.8 Å². The smallest absolute Gasteiger partial charge is 0.271 e. The highest BCUT2D eigenvalue weighted by Gasteiger charge is 2.06. The monoisotopic (exact) mass is 509 g/mol. The second-order valence-corrected chi connectivity index (χ2v) is 9.32. The summed E-state index contributed by atoms with van der Waals surface area (Å²) in [6.07, 6.45) is 1.55. The van der Waals surface area contributed by atoms with E-state index in [1.165, 1.54) is 4.90 Å². The molecular weight excluding hydrogens is 482 g/mol. The van der Waals surface area contributed by atoms with Crippen molar-refractivity contribution in [1.29, 1.82) is 0 Å². The maximum Gasteiger partial charge on any atom is 0.271 e. The zero-order valence-corrected chi connectivity index (χ0v) is 21.2. The average molecular weight is 510 g/mol. The summed E-state index contributed by atoms with van der Waals surface area (Å²) in [5, 5.41) is 6.83. The normalized spacial score (nSPS) is 10.7. The largest absolute Gasteiger partial charge is 0.484 e. The van der Waals surface area contributed by atoms with Crippen LogP contribution >= 0.6 is 11.8 Å². The third-order valence-corrected chi connectivity index (χ3v) is 6.41. The highest BCUT2D eigenvalue weighted by atomic mass is 32.2. The Kier molecular flexibility index (Phi) is 9.10. The molecule has 0 fully saturated rings. The number of nitrogens with one attached hydrogen (secondary N) is 2. The number of carbonyl (C=O) groups excluding carboxylic acids is 2. The van der Waals surface area contributed by atoms with Crippen LogP contribution in [0.2, 0.25) is 0 Å². The molecule has 4 aromatic rings. The molecule has 0 spiro atoms. The third kappa shape index (κ3) is 8.37. The second-order valence-electron chi connectivity index (χ2n) is 8.27. The Balaban J connectivity index is 1.20. The summed E-state index contributed by atoms with van der Waals surface area (Å²) in [6.45, 7) is 1.89. The molecule has 7 heteroatoms. The van der Waals surface area contributed by atoms with Crippen molar-refractivity contribution in [2.45, 2.75) is 17.6 Å². The van der Waals surface area contributed by atoms with Crippen LogP contribution in [0.3, 0.4) is 0 Å². The minimum absolute atomic E-state index is 0.0961. The van der Waals surface area contributed by atoms with Gasteiger partial charge in [-0.1, -0.05) is 48.0 Å². The van der Waals surface area contributed by atoms with Crippen LogP contribution in [0.15, 0.2) is 113 Å². The second kappa shape index (κ2) is 13.1. The van der Waals surface area contributed by atoms with Gasteiger partial charge in [-0.3, -0.25) is 9.59 Å². The zero-order valence-electron chi connectivity index (χ0n) is 20.4. The van der Waals surface area contributed by atoms with Crippen molar-refractivity contribution in [3.8, 4) is 5.75 Å². The van der Waals surface area contributed by atoms with E-state index in [1.807, 2.05) is 61.5 Å². The molecule has 0 aliphatic heterocycles. The summed E-state index contributed by atoms with van der Waals surface area (Å²) in [4.78, 5) is 25.7. The molecule has 2 N–H and O–H groups in total. The third-order valence-electron chi connectivity index (χ3n) is 5.33. The first-order chi connectivity index (χ1) is 18.0. The molecule has 4 rings (SSSR count). The molecule has 0 heterocycles. The maximum atomic E-state index is 12.4. The standard InChI is InChI=1S/C30H27N3O3S/c1-22-7-15-26(16-8-22)32-29(34)20-36-27-17-11-23(12-18-27)19-31-33-30(35)25-13-9-24(10-14-25)21-37-28-5-3-2-4-6-28/h2-19H,20-21H2,1H3,(H,32,34)(H,33,35)/b31-19-. The van der Waals surface area contributed by atoms with Crippen molar-refractivity contribution in [1.82, 2.24) is 5.43 Å². The van der Waals surface area contributed by atoms with Crippen LogP contribution in [0.5, 0.6) is 5.75 Å². The first-order valence-electron chi connectivity index (χ1n) is 11.7. The first-order valence-corrected chi connectivity index (χ1v) is 12.7. The lowest BCUT2D eigenvalue weighted by atomic mass is 10.1. The van der Waals surface area contributed by atoms with Crippen molar-refractivity contribution in [2.24, 2.45) is 5.10 Å². The Morgan fingerprint density at radius 3 is 2.27 bits per heavy atom. The number of aryl methyl sites for hydroxylation is 1. The van der Waals surface area contributed by atoms with E-state index in [-0.39, 0.29) is 18.4 Å². The van der Waals surface area contributed by atoms with Gasteiger partial charge in [-0.2, -0.15) is 5.10 Å². The number of hydrazone groups is 1. The van der Waals surface area contributed by atoms with E-state index in [1.54, 1.807) is 54.4 Å². The molecule has 0 radical (unpaired) electrons. The highest BCUT2D eigenvalue weighted by molar-refractivity contribution is 7.98. The van der Waals surface area contributed by atoms with Gasteiger partial charge in [0.05, 0.1) is 6.21 Å². The lowest BCUT2D eigenvalue weighted by Crippen LogP contribution is -2.20. The Labute approximate surface area is 220 Å². The van der Waals surface area contributed by atoms with E-state index in [2.05, 4.69) is 28.0 Å². The SMILES string of the molecule is Cc1ccc(NC(=O)COc2ccc(/C=N\NC(=O)c3ccc(CSc4ccccc4)cc3)cc2)cc1. The molecule has 6 nitrogen and oxygen atoms in total. The number of rotatable bonds is 10. The predicted molar refractivity (Wildman–Crippen MR) is 149 cm³/mol. The van der Waals surface area contributed by atoms with E-state index >= 15 is 0 Å². The van der Waals surface area contributed by atoms with Gasteiger partial charge in [-0.05, 0) is 78.7 Å². The number of ether oxygens (including phenoxy) is 1. The van der Waals surface area contributed by atoms with Gasteiger partial charge in [-0.15, -0.1) is 11.8 Å². The molecule has 0 atom stereocenters. The maximum absolute atomic E-state index is 12.4. The van der Waals surface area contributed by atoms with Gasteiger partial charge in [0, 0.05) is 21.9 Å². The molecule has 0 saturated heterocycles. The molecule has 186 valence electrons. The predicted octanol–water partition coefficient (Wildman–Crippen LogP) is 6.07. The molecule has 0 bridgehead atoms. The van der Waals surface area contributed by atoms with Crippen LogP contribution in [0.4, 0.5) is 5.69 Å². The van der Waals surface area contributed by atoms with Crippen molar-refractivity contribution in [3.63, 3.8) is 0 Å². The van der Waals surface area contributed by atoms with E-state index in [0.717, 1.165) is 28.1 Å². The number of thioether (sulfide) groups is 1. The quantitative estimate of drug-likeness (QED) is 0.155. The molecule has 0 unspecified atom stereocenters. The first kappa shape index (κ1) is 25.7. The number of anilines is 1. The summed E-state index contributed by atoms with van der Waals surface area (Å²) in [7, 11) is 0. The number of hydrogen-bond donors (Lipinski definition) is 2. The fourth-order valence-electron chi connectivity index (χ4n) is 3.30. The Bertz CT molecular complexity index is 1340. The lowest BCUT2D eigenvalue weighted by Gasteiger charge is -2.08. The molecule has 2 amide bonds. The molecule has 0 aliphatic rings. The van der Waals surface area contributed by atoms with Crippen LogP contribution in [-0.4, -0.2) is 24.6 Å². The van der Waals surface area contributed by atoms with Crippen molar-refractivity contribution in [3.05, 3.63) is 125 Å². The van der Waals surface area contributed by atoms with Crippen LogP contribution < -0.4 is 15.5 Å². The van der Waals surface area contributed by atoms with E-state index in [9.17, 15) is 9.59 Å². The van der Waals surface area contributed by atoms with Gasteiger partial charge < -0.3 is 10.1 Å². The van der Waals surface area contributed by atoms with Crippen molar-refractivity contribution in [2.75, 3.05) is 11.9 Å². The van der Waals surface area contributed by atoms with Crippen molar-refractivity contribution < 1.29 is 14.3 Å².